The first-order valence-electron chi connectivity index (χ1n) is 12.1. The lowest BCUT2D eigenvalue weighted by Crippen LogP contribution is -2.08. The van der Waals surface area contributed by atoms with Crippen LogP contribution < -0.4 is 4.74 Å². The summed E-state index contributed by atoms with van der Waals surface area (Å²) < 4.78 is 6.63. The number of benzene rings is 3. The highest BCUT2D eigenvalue weighted by molar-refractivity contribution is 9.08. The van der Waals surface area contributed by atoms with Crippen molar-refractivity contribution in [1.29, 1.82) is 0 Å². The molecular weight excluding hydrogens is 536 g/mol. The zero-order valence-corrected chi connectivity index (χ0v) is 23.3. The Hall–Kier alpha value is -1.58. The fraction of sp³-hybridized carbons (Fsp3) is 0.400. The normalized spacial score (nSPS) is 12.2. The van der Waals surface area contributed by atoms with Gasteiger partial charge in [-0.3, -0.25) is 0 Å². The van der Waals surface area contributed by atoms with Crippen LogP contribution in [-0.4, -0.2) is 6.61 Å². The van der Waals surface area contributed by atoms with E-state index >= 15 is 0 Å². The molecule has 0 spiro atoms. The lowest BCUT2D eigenvalue weighted by molar-refractivity contribution is 0.275. The molecule has 3 rings (SSSR count). The molecule has 1 atom stereocenters. The highest BCUT2D eigenvalue weighted by atomic mass is 79.9. The molecule has 3 heteroatoms. The van der Waals surface area contributed by atoms with E-state index in [4.69, 9.17) is 4.74 Å². The number of halogens is 2. The maximum atomic E-state index is 6.63. The molecule has 0 aliphatic carbocycles. The van der Waals surface area contributed by atoms with Crippen LogP contribution in [0.3, 0.4) is 0 Å². The fourth-order valence-corrected chi connectivity index (χ4v) is 5.21. The van der Waals surface area contributed by atoms with Gasteiger partial charge in [0.15, 0.2) is 0 Å². The van der Waals surface area contributed by atoms with E-state index in [-0.39, 0.29) is 0 Å². The van der Waals surface area contributed by atoms with E-state index in [0.29, 0.717) is 5.92 Å². The van der Waals surface area contributed by atoms with Crippen molar-refractivity contribution in [2.45, 2.75) is 57.1 Å². The highest BCUT2D eigenvalue weighted by Crippen LogP contribution is 2.45. The summed E-state index contributed by atoms with van der Waals surface area (Å²) in [5, 5.41) is 1.56. The van der Waals surface area contributed by atoms with Crippen LogP contribution in [0.25, 0.3) is 22.3 Å². The third-order valence-corrected chi connectivity index (χ3v) is 7.39. The molecule has 1 nitrogen and oxygen atoms in total. The Bertz CT molecular complexity index is 983. The molecule has 1 unspecified atom stereocenters. The number of alkyl halides is 2. The van der Waals surface area contributed by atoms with Gasteiger partial charge in [0, 0.05) is 21.8 Å². The van der Waals surface area contributed by atoms with Crippen molar-refractivity contribution in [2.24, 2.45) is 11.8 Å². The minimum absolute atomic E-state index is 0.673. The van der Waals surface area contributed by atoms with Crippen molar-refractivity contribution in [2.75, 3.05) is 6.61 Å². The van der Waals surface area contributed by atoms with Crippen LogP contribution in [-0.2, 0) is 10.7 Å². The van der Waals surface area contributed by atoms with Gasteiger partial charge in [0.25, 0.3) is 0 Å². The second kappa shape index (κ2) is 13.3. The third-order valence-electron chi connectivity index (χ3n) is 6.19. The molecule has 0 bridgehead atoms. The van der Waals surface area contributed by atoms with Gasteiger partial charge in [-0.15, -0.1) is 0 Å². The molecule has 0 fully saturated rings. The molecule has 176 valence electrons. The SMILES string of the molecule is CC(C)CCCC(C)CCOc1c(CBr)cc(CBr)c(-c2ccccc2)c1-c1ccccc1. The minimum atomic E-state index is 0.673. The van der Waals surface area contributed by atoms with Crippen LogP contribution in [0, 0.1) is 11.8 Å². The number of hydrogen-bond donors (Lipinski definition) is 0. The Labute approximate surface area is 217 Å². The van der Waals surface area contributed by atoms with Gasteiger partial charge in [-0.25, -0.2) is 0 Å². The van der Waals surface area contributed by atoms with Gasteiger partial charge >= 0.3 is 0 Å². The molecular formula is C30H36Br2O. The van der Waals surface area contributed by atoms with Crippen molar-refractivity contribution < 1.29 is 4.74 Å². The molecule has 0 aromatic heterocycles. The first kappa shape index (κ1) is 26.0. The van der Waals surface area contributed by atoms with E-state index in [2.05, 4.69) is 119 Å². The van der Waals surface area contributed by atoms with E-state index in [0.717, 1.165) is 35.4 Å². The van der Waals surface area contributed by atoms with Crippen LogP contribution in [0.2, 0.25) is 0 Å². The first-order valence-corrected chi connectivity index (χ1v) is 14.3. The minimum Gasteiger partial charge on any atom is -0.493 e. The average Bonchev–Trinajstić information content (AvgIpc) is 2.84. The van der Waals surface area contributed by atoms with Crippen LogP contribution in [0.5, 0.6) is 5.75 Å². The molecule has 0 heterocycles. The molecule has 33 heavy (non-hydrogen) atoms. The molecule has 0 saturated heterocycles. The maximum Gasteiger partial charge on any atom is 0.131 e. The smallest absolute Gasteiger partial charge is 0.131 e. The zero-order chi connectivity index (χ0) is 23.6. The molecule has 0 aliphatic rings. The Balaban J connectivity index is 1.98. The van der Waals surface area contributed by atoms with Gasteiger partial charge in [0.2, 0.25) is 0 Å². The summed E-state index contributed by atoms with van der Waals surface area (Å²) >= 11 is 7.48. The van der Waals surface area contributed by atoms with Crippen molar-refractivity contribution >= 4 is 31.9 Å². The van der Waals surface area contributed by atoms with Gasteiger partial charge in [-0.2, -0.15) is 0 Å². The average molecular weight is 572 g/mol. The summed E-state index contributed by atoms with van der Waals surface area (Å²) in [6.45, 7) is 7.71. The van der Waals surface area contributed by atoms with Crippen LogP contribution in [0.1, 0.15) is 57.6 Å². The molecule has 0 amide bonds. The Kier molecular flexibility index (Phi) is 10.5. The van der Waals surface area contributed by atoms with E-state index in [1.165, 1.54) is 52.6 Å². The predicted molar refractivity (Wildman–Crippen MR) is 151 cm³/mol. The molecule has 0 radical (unpaired) electrons. The first-order chi connectivity index (χ1) is 16.0. The van der Waals surface area contributed by atoms with E-state index in [1.54, 1.807) is 0 Å². The largest absolute Gasteiger partial charge is 0.493 e. The van der Waals surface area contributed by atoms with Crippen molar-refractivity contribution in [3.05, 3.63) is 77.9 Å². The van der Waals surface area contributed by atoms with Crippen LogP contribution >= 0.6 is 31.9 Å². The second-order valence-corrected chi connectivity index (χ2v) is 10.5. The van der Waals surface area contributed by atoms with Gasteiger partial charge in [-0.1, -0.05) is 133 Å². The molecule has 0 N–H and O–H groups in total. The summed E-state index contributed by atoms with van der Waals surface area (Å²) in [5.74, 6) is 2.47. The standard InChI is InChI=1S/C30H36Br2O/c1-22(2)11-10-12-23(3)17-18-33-30-27(21-32)19-26(20-31)28(24-13-6-4-7-14-24)29(30)25-15-8-5-9-16-25/h4-9,13-16,19,22-23H,10-12,17-18,20-21H2,1-3H3. The lowest BCUT2D eigenvalue weighted by Gasteiger charge is -2.23. The third kappa shape index (κ3) is 7.20. The number of hydrogen-bond acceptors (Lipinski definition) is 1. The highest BCUT2D eigenvalue weighted by Gasteiger charge is 2.21. The summed E-state index contributed by atoms with van der Waals surface area (Å²) in [7, 11) is 0. The van der Waals surface area contributed by atoms with Gasteiger partial charge < -0.3 is 4.74 Å². The fourth-order valence-electron chi connectivity index (χ4n) is 4.35. The van der Waals surface area contributed by atoms with Gasteiger partial charge in [0.1, 0.15) is 5.75 Å². The lowest BCUT2D eigenvalue weighted by atomic mass is 9.88. The molecule has 0 saturated carbocycles. The van der Waals surface area contributed by atoms with Crippen molar-refractivity contribution in [3.8, 4) is 28.0 Å². The summed E-state index contributed by atoms with van der Waals surface area (Å²) in [6.07, 6.45) is 4.97. The van der Waals surface area contributed by atoms with E-state index in [1.807, 2.05) is 0 Å². The van der Waals surface area contributed by atoms with Crippen LogP contribution in [0.4, 0.5) is 0 Å². The molecule has 3 aromatic rings. The Morgan fingerprint density at radius 1 is 0.697 bits per heavy atom. The van der Waals surface area contributed by atoms with E-state index in [9.17, 15) is 0 Å². The van der Waals surface area contributed by atoms with E-state index < -0.39 is 0 Å². The van der Waals surface area contributed by atoms with Gasteiger partial charge in [-0.05, 0) is 46.6 Å². The maximum absolute atomic E-state index is 6.63. The number of ether oxygens (including phenoxy) is 1. The topological polar surface area (TPSA) is 9.23 Å². The predicted octanol–water partition coefficient (Wildman–Crippen LogP) is 10.0. The summed E-state index contributed by atoms with van der Waals surface area (Å²) in [6, 6.07) is 23.7. The monoisotopic (exact) mass is 570 g/mol. The molecule has 3 aromatic carbocycles. The quantitative estimate of drug-likeness (QED) is 0.196. The summed E-state index contributed by atoms with van der Waals surface area (Å²) in [5.41, 5.74) is 7.35. The Morgan fingerprint density at radius 3 is 1.82 bits per heavy atom. The summed E-state index contributed by atoms with van der Waals surface area (Å²) in [4.78, 5) is 0. The van der Waals surface area contributed by atoms with Crippen molar-refractivity contribution in [1.82, 2.24) is 0 Å². The van der Waals surface area contributed by atoms with Crippen molar-refractivity contribution in [3.63, 3.8) is 0 Å². The molecule has 0 aliphatic heterocycles. The zero-order valence-electron chi connectivity index (χ0n) is 20.1. The van der Waals surface area contributed by atoms with Gasteiger partial charge in [0.05, 0.1) is 6.61 Å². The van der Waals surface area contributed by atoms with Crippen LogP contribution in [0.15, 0.2) is 66.7 Å². The second-order valence-electron chi connectivity index (χ2n) is 9.34. The Morgan fingerprint density at radius 2 is 1.27 bits per heavy atom. The number of rotatable bonds is 12.